The van der Waals surface area contributed by atoms with Crippen LogP contribution in [0.5, 0.6) is 0 Å². The average molecular weight is 426 g/mol. The van der Waals surface area contributed by atoms with E-state index in [4.69, 9.17) is 16.7 Å². The van der Waals surface area contributed by atoms with Crippen LogP contribution in [-0.4, -0.2) is 41.0 Å². The van der Waals surface area contributed by atoms with Gasteiger partial charge >= 0.3 is 5.97 Å². The van der Waals surface area contributed by atoms with Crippen LogP contribution in [0.2, 0.25) is 5.02 Å². The number of aliphatic carboxylic acids is 1. The van der Waals surface area contributed by atoms with E-state index in [0.29, 0.717) is 36.1 Å². The van der Waals surface area contributed by atoms with Gasteiger partial charge in [-0.05, 0) is 43.0 Å². The Labute approximate surface area is 171 Å². The van der Waals surface area contributed by atoms with Crippen molar-refractivity contribution >= 4 is 40.2 Å². The van der Waals surface area contributed by atoms with Crippen molar-refractivity contribution < 1.29 is 23.5 Å². The Morgan fingerprint density at radius 2 is 1.93 bits per heavy atom. The first-order chi connectivity index (χ1) is 13.7. The number of fused-ring (bicyclic) bond motifs is 1. The van der Waals surface area contributed by atoms with Gasteiger partial charge in [0.05, 0.1) is 22.5 Å². The standard InChI is InChI=1S/C20H22ClF2N3O3/c21-14-2-3-15-13(1-4-16(26-15)24-10-7-17(27)28)18(14)19(29)25-11-12-5-8-20(22,23)9-6-12/h1-4,12H,5-11H2,(H,24,26)(H,25,29)(H,27,28). The summed E-state index contributed by atoms with van der Waals surface area (Å²) in [5.74, 6) is -3.36. The number of nitrogens with one attached hydrogen (secondary N) is 2. The molecule has 0 unspecified atom stereocenters. The molecule has 1 aromatic heterocycles. The lowest BCUT2D eigenvalue weighted by atomic mass is 9.87. The molecule has 1 aliphatic carbocycles. The van der Waals surface area contributed by atoms with Crippen LogP contribution in [-0.2, 0) is 4.79 Å². The molecule has 0 atom stereocenters. The molecule has 1 fully saturated rings. The highest BCUT2D eigenvalue weighted by Gasteiger charge is 2.34. The number of aromatic nitrogens is 1. The third kappa shape index (κ3) is 5.53. The Hall–Kier alpha value is -2.48. The fourth-order valence-electron chi connectivity index (χ4n) is 3.43. The Morgan fingerprint density at radius 3 is 2.62 bits per heavy atom. The number of nitrogens with zero attached hydrogens (tertiary/aromatic N) is 1. The summed E-state index contributed by atoms with van der Waals surface area (Å²) >= 11 is 6.25. The lowest BCUT2D eigenvalue weighted by Gasteiger charge is -2.28. The molecule has 0 bridgehead atoms. The molecule has 9 heteroatoms. The second-order valence-electron chi connectivity index (χ2n) is 7.27. The van der Waals surface area contributed by atoms with Gasteiger partial charge in [-0.3, -0.25) is 9.59 Å². The Kier molecular flexibility index (Phi) is 6.52. The average Bonchev–Trinajstić information content (AvgIpc) is 2.66. The second-order valence-corrected chi connectivity index (χ2v) is 7.67. The van der Waals surface area contributed by atoms with Crippen LogP contribution in [0.3, 0.4) is 0 Å². The number of alkyl halides is 2. The maximum atomic E-state index is 13.3. The first-order valence-corrected chi connectivity index (χ1v) is 9.84. The normalized spacial score (nSPS) is 16.5. The number of hydrogen-bond acceptors (Lipinski definition) is 4. The minimum Gasteiger partial charge on any atom is -0.481 e. The zero-order chi connectivity index (χ0) is 21.0. The molecule has 29 heavy (non-hydrogen) atoms. The number of carboxylic acids is 1. The molecule has 1 aromatic carbocycles. The van der Waals surface area contributed by atoms with Crippen molar-refractivity contribution in [1.29, 1.82) is 0 Å². The molecule has 6 nitrogen and oxygen atoms in total. The van der Waals surface area contributed by atoms with E-state index in [1.54, 1.807) is 24.3 Å². The summed E-state index contributed by atoms with van der Waals surface area (Å²) in [6.45, 7) is 0.555. The molecule has 1 heterocycles. The van der Waals surface area contributed by atoms with Crippen molar-refractivity contribution in [2.75, 3.05) is 18.4 Å². The third-order valence-electron chi connectivity index (χ3n) is 5.08. The number of carbonyl (C=O) groups is 2. The minimum atomic E-state index is -2.60. The molecule has 0 spiro atoms. The second kappa shape index (κ2) is 8.90. The molecule has 1 amide bonds. The first kappa shape index (κ1) is 21.2. The molecule has 156 valence electrons. The van der Waals surface area contributed by atoms with Crippen LogP contribution in [0.25, 0.3) is 10.9 Å². The van der Waals surface area contributed by atoms with E-state index < -0.39 is 11.9 Å². The smallest absolute Gasteiger partial charge is 0.305 e. The van der Waals surface area contributed by atoms with E-state index in [1.807, 2.05) is 0 Å². The Balaban J connectivity index is 1.70. The van der Waals surface area contributed by atoms with Crippen molar-refractivity contribution in [2.24, 2.45) is 5.92 Å². The van der Waals surface area contributed by atoms with E-state index in [2.05, 4.69) is 15.6 Å². The summed E-state index contributed by atoms with van der Waals surface area (Å²) in [4.78, 5) is 27.7. The Bertz CT molecular complexity index is 913. The monoisotopic (exact) mass is 425 g/mol. The van der Waals surface area contributed by atoms with Gasteiger partial charge in [0.2, 0.25) is 5.92 Å². The number of pyridine rings is 1. The molecule has 0 radical (unpaired) electrons. The summed E-state index contributed by atoms with van der Waals surface area (Å²) in [5.41, 5.74) is 0.826. The number of rotatable bonds is 7. The van der Waals surface area contributed by atoms with Crippen LogP contribution in [0.1, 0.15) is 42.5 Å². The largest absolute Gasteiger partial charge is 0.481 e. The number of benzene rings is 1. The van der Waals surface area contributed by atoms with Crippen LogP contribution >= 0.6 is 11.6 Å². The molecule has 3 rings (SSSR count). The molecule has 0 saturated heterocycles. The highest BCUT2D eigenvalue weighted by atomic mass is 35.5. The van der Waals surface area contributed by atoms with Gasteiger partial charge in [0, 0.05) is 31.3 Å². The third-order valence-corrected chi connectivity index (χ3v) is 5.40. The van der Waals surface area contributed by atoms with Crippen molar-refractivity contribution in [2.45, 2.75) is 38.0 Å². The lowest BCUT2D eigenvalue weighted by Crippen LogP contribution is -2.34. The topological polar surface area (TPSA) is 91.3 Å². The molecular weight excluding hydrogens is 404 g/mol. The van der Waals surface area contributed by atoms with E-state index in [9.17, 15) is 18.4 Å². The van der Waals surface area contributed by atoms with Crippen LogP contribution in [0, 0.1) is 5.92 Å². The number of anilines is 1. The summed E-state index contributed by atoms with van der Waals surface area (Å²) < 4.78 is 26.5. The molecule has 1 saturated carbocycles. The molecule has 2 aromatic rings. The van der Waals surface area contributed by atoms with Crippen molar-refractivity contribution in [3.63, 3.8) is 0 Å². The van der Waals surface area contributed by atoms with Crippen LogP contribution in [0.4, 0.5) is 14.6 Å². The highest BCUT2D eigenvalue weighted by Crippen LogP contribution is 2.36. The molecule has 0 aliphatic heterocycles. The fraction of sp³-hybridized carbons (Fsp3) is 0.450. The maximum Gasteiger partial charge on any atom is 0.305 e. The quantitative estimate of drug-likeness (QED) is 0.614. The van der Waals surface area contributed by atoms with E-state index in [-0.39, 0.29) is 48.2 Å². The van der Waals surface area contributed by atoms with Gasteiger partial charge in [0.15, 0.2) is 0 Å². The van der Waals surface area contributed by atoms with Gasteiger partial charge in [-0.1, -0.05) is 11.6 Å². The van der Waals surface area contributed by atoms with Crippen molar-refractivity contribution in [3.8, 4) is 0 Å². The minimum absolute atomic E-state index is 0.0236. The zero-order valence-corrected chi connectivity index (χ0v) is 16.4. The molecule has 3 N–H and O–H groups in total. The predicted octanol–water partition coefficient (Wildman–Crippen LogP) is 4.33. The van der Waals surface area contributed by atoms with Crippen LogP contribution < -0.4 is 10.6 Å². The van der Waals surface area contributed by atoms with Gasteiger partial charge in [0.1, 0.15) is 5.82 Å². The highest BCUT2D eigenvalue weighted by molar-refractivity contribution is 6.35. The van der Waals surface area contributed by atoms with Crippen molar-refractivity contribution in [1.82, 2.24) is 10.3 Å². The summed E-state index contributed by atoms with van der Waals surface area (Å²) in [5, 5.41) is 15.3. The number of carboxylic acid groups (broad SMARTS) is 1. The van der Waals surface area contributed by atoms with E-state index >= 15 is 0 Å². The Morgan fingerprint density at radius 1 is 1.21 bits per heavy atom. The number of hydrogen-bond donors (Lipinski definition) is 3. The fourth-order valence-corrected chi connectivity index (χ4v) is 3.68. The zero-order valence-electron chi connectivity index (χ0n) is 15.7. The van der Waals surface area contributed by atoms with Crippen molar-refractivity contribution in [3.05, 3.63) is 34.9 Å². The summed E-state index contributed by atoms with van der Waals surface area (Å²) in [6, 6.07) is 6.61. The van der Waals surface area contributed by atoms with Gasteiger partial charge in [-0.15, -0.1) is 0 Å². The van der Waals surface area contributed by atoms with E-state index in [0.717, 1.165) is 0 Å². The molecule has 1 aliphatic rings. The summed E-state index contributed by atoms with van der Waals surface area (Å²) in [6.07, 6.45) is 0.419. The van der Waals surface area contributed by atoms with Gasteiger partial charge < -0.3 is 15.7 Å². The lowest BCUT2D eigenvalue weighted by molar-refractivity contribution is -0.136. The number of halogens is 3. The number of carbonyl (C=O) groups excluding carboxylic acids is 1. The van der Waals surface area contributed by atoms with Gasteiger partial charge in [-0.2, -0.15) is 0 Å². The van der Waals surface area contributed by atoms with Crippen LogP contribution in [0.15, 0.2) is 24.3 Å². The van der Waals surface area contributed by atoms with E-state index in [1.165, 1.54) is 0 Å². The number of amides is 1. The SMILES string of the molecule is O=C(O)CCNc1ccc2c(C(=O)NCC3CCC(F)(F)CC3)c(Cl)ccc2n1. The predicted molar refractivity (Wildman–Crippen MR) is 107 cm³/mol. The van der Waals surface area contributed by atoms with Gasteiger partial charge in [0.25, 0.3) is 5.91 Å². The summed E-state index contributed by atoms with van der Waals surface area (Å²) in [7, 11) is 0. The first-order valence-electron chi connectivity index (χ1n) is 9.46. The molecular formula is C20H22ClF2N3O3. The maximum absolute atomic E-state index is 13.3. The van der Waals surface area contributed by atoms with Gasteiger partial charge in [-0.25, -0.2) is 13.8 Å².